The molecule has 1 amide bonds. The maximum absolute atomic E-state index is 11.9. The molecule has 0 aliphatic rings. The number of hydrogen-bond acceptors (Lipinski definition) is 4. The first-order valence-electron chi connectivity index (χ1n) is 8.46. The summed E-state index contributed by atoms with van der Waals surface area (Å²) in [4.78, 5) is 24.9. The van der Waals surface area contributed by atoms with E-state index in [0.717, 1.165) is 12.8 Å². The summed E-state index contributed by atoms with van der Waals surface area (Å²) in [5.74, 6) is -0.107. The van der Waals surface area contributed by atoms with Gasteiger partial charge in [-0.2, -0.15) is 0 Å². The van der Waals surface area contributed by atoms with Crippen molar-refractivity contribution in [3.8, 4) is 0 Å². The molecule has 5 heteroatoms. The van der Waals surface area contributed by atoms with E-state index < -0.39 is 12.1 Å². The largest absolute Gasteiger partial charge is 0.464 e. The molecule has 0 rings (SSSR count). The summed E-state index contributed by atoms with van der Waals surface area (Å²) in [5.41, 5.74) is 0. The van der Waals surface area contributed by atoms with Crippen LogP contribution in [0.1, 0.15) is 66.2 Å². The Labute approximate surface area is 135 Å². The van der Waals surface area contributed by atoms with Gasteiger partial charge in [-0.05, 0) is 19.3 Å². The summed E-state index contributed by atoms with van der Waals surface area (Å²) in [6.45, 7) is 8.54. The number of amides is 1. The van der Waals surface area contributed by atoms with Gasteiger partial charge in [0.25, 0.3) is 0 Å². The third kappa shape index (κ3) is 9.64. The number of hydrogen-bond donors (Lipinski definition) is 0. The maximum atomic E-state index is 11.9. The number of esters is 1. The van der Waals surface area contributed by atoms with Crippen molar-refractivity contribution in [1.29, 1.82) is 0 Å². The molecule has 0 saturated heterocycles. The zero-order valence-electron chi connectivity index (χ0n) is 14.9. The highest BCUT2D eigenvalue weighted by molar-refractivity contribution is 5.80. The van der Waals surface area contributed by atoms with Crippen molar-refractivity contribution in [2.45, 2.75) is 72.3 Å². The summed E-state index contributed by atoms with van der Waals surface area (Å²) in [7, 11) is 1.55. The number of likely N-dealkylation sites (N-methyl/N-ethyl adjacent to an activating group) is 1. The predicted molar refractivity (Wildman–Crippen MR) is 87.7 cm³/mol. The monoisotopic (exact) mass is 315 g/mol. The zero-order chi connectivity index (χ0) is 17.0. The number of ether oxygens (including phenoxy) is 2. The van der Waals surface area contributed by atoms with Crippen LogP contribution in [0.5, 0.6) is 0 Å². The van der Waals surface area contributed by atoms with E-state index >= 15 is 0 Å². The summed E-state index contributed by atoms with van der Waals surface area (Å²) in [5, 5.41) is 0. The molecule has 0 aromatic heterocycles. The van der Waals surface area contributed by atoms with Gasteiger partial charge in [-0.25, -0.2) is 9.59 Å². The average molecular weight is 315 g/mol. The van der Waals surface area contributed by atoms with Gasteiger partial charge in [0.05, 0.1) is 13.2 Å². The van der Waals surface area contributed by atoms with Gasteiger partial charge >= 0.3 is 12.1 Å². The fraction of sp³-hybridized carbons (Fsp3) is 0.882. The SMILES string of the molecule is CCCCCCCCOC(=O)C(C)N(C)C(=O)OCC(C)C. The van der Waals surface area contributed by atoms with E-state index in [-0.39, 0.29) is 11.9 Å². The van der Waals surface area contributed by atoms with Crippen molar-refractivity contribution < 1.29 is 19.1 Å². The molecule has 130 valence electrons. The minimum Gasteiger partial charge on any atom is -0.464 e. The Bertz CT molecular complexity index is 318. The van der Waals surface area contributed by atoms with Crippen molar-refractivity contribution in [3.05, 3.63) is 0 Å². The highest BCUT2D eigenvalue weighted by Gasteiger charge is 2.24. The van der Waals surface area contributed by atoms with Crippen LogP contribution in [0.25, 0.3) is 0 Å². The van der Waals surface area contributed by atoms with E-state index in [4.69, 9.17) is 9.47 Å². The van der Waals surface area contributed by atoms with Crippen LogP contribution in [0.15, 0.2) is 0 Å². The first kappa shape index (κ1) is 20.7. The lowest BCUT2D eigenvalue weighted by Crippen LogP contribution is -2.42. The lowest BCUT2D eigenvalue weighted by atomic mass is 10.1. The Morgan fingerprint density at radius 1 is 0.955 bits per heavy atom. The van der Waals surface area contributed by atoms with Gasteiger partial charge in [-0.15, -0.1) is 0 Å². The highest BCUT2D eigenvalue weighted by Crippen LogP contribution is 2.07. The number of unbranched alkanes of at least 4 members (excludes halogenated alkanes) is 5. The van der Waals surface area contributed by atoms with E-state index in [0.29, 0.717) is 13.2 Å². The summed E-state index contributed by atoms with van der Waals surface area (Å²) in [6, 6.07) is -0.625. The molecule has 0 saturated carbocycles. The zero-order valence-corrected chi connectivity index (χ0v) is 14.9. The van der Waals surface area contributed by atoms with Crippen LogP contribution in [0, 0.1) is 5.92 Å². The van der Waals surface area contributed by atoms with E-state index in [1.165, 1.54) is 30.6 Å². The Morgan fingerprint density at radius 3 is 2.14 bits per heavy atom. The summed E-state index contributed by atoms with van der Waals surface area (Å²) < 4.78 is 10.3. The summed E-state index contributed by atoms with van der Waals surface area (Å²) in [6.07, 6.45) is 6.38. The molecule has 0 radical (unpaired) electrons. The molecule has 0 aliphatic carbocycles. The second-order valence-electron chi connectivity index (χ2n) is 6.19. The molecule has 22 heavy (non-hydrogen) atoms. The minimum absolute atomic E-state index is 0.271. The molecule has 0 fully saturated rings. The molecule has 0 aromatic carbocycles. The molecule has 0 aliphatic heterocycles. The highest BCUT2D eigenvalue weighted by atomic mass is 16.6. The first-order chi connectivity index (χ1) is 10.4. The van der Waals surface area contributed by atoms with Crippen LogP contribution in [-0.2, 0) is 14.3 Å². The quantitative estimate of drug-likeness (QED) is 0.427. The van der Waals surface area contributed by atoms with Crippen LogP contribution in [-0.4, -0.2) is 43.3 Å². The van der Waals surface area contributed by atoms with Gasteiger partial charge < -0.3 is 9.47 Å². The lowest BCUT2D eigenvalue weighted by molar-refractivity contribution is -0.148. The van der Waals surface area contributed by atoms with Crippen molar-refractivity contribution in [3.63, 3.8) is 0 Å². The van der Waals surface area contributed by atoms with Crippen molar-refractivity contribution in [2.24, 2.45) is 5.92 Å². The number of nitrogens with zero attached hydrogens (tertiary/aromatic N) is 1. The normalized spacial score (nSPS) is 12.1. The fourth-order valence-electron chi connectivity index (χ4n) is 1.83. The van der Waals surface area contributed by atoms with E-state index in [1.807, 2.05) is 13.8 Å². The van der Waals surface area contributed by atoms with Crippen LogP contribution in [0.3, 0.4) is 0 Å². The molecular formula is C17H33NO4. The van der Waals surface area contributed by atoms with Crippen molar-refractivity contribution in [2.75, 3.05) is 20.3 Å². The minimum atomic E-state index is -0.625. The second kappa shape index (κ2) is 12.3. The smallest absolute Gasteiger partial charge is 0.410 e. The number of carbonyl (C=O) groups is 2. The van der Waals surface area contributed by atoms with Crippen LogP contribution in [0.4, 0.5) is 4.79 Å². The molecule has 0 spiro atoms. The van der Waals surface area contributed by atoms with E-state index in [9.17, 15) is 9.59 Å². The van der Waals surface area contributed by atoms with Gasteiger partial charge in [-0.3, -0.25) is 4.90 Å². The van der Waals surface area contributed by atoms with Gasteiger partial charge in [0, 0.05) is 7.05 Å². The molecule has 1 atom stereocenters. The van der Waals surface area contributed by atoms with Crippen LogP contribution >= 0.6 is 0 Å². The first-order valence-corrected chi connectivity index (χ1v) is 8.46. The Morgan fingerprint density at radius 2 is 1.55 bits per heavy atom. The molecule has 5 nitrogen and oxygen atoms in total. The number of carbonyl (C=O) groups excluding carboxylic acids is 2. The lowest BCUT2D eigenvalue weighted by Gasteiger charge is -2.23. The molecule has 0 heterocycles. The van der Waals surface area contributed by atoms with Crippen molar-refractivity contribution >= 4 is 12.1 Å². The Hall–Kier alpha value is -1.26. The van der Waals surface area contributed by atoms with Crippen LogP contribution < -0.4 is 0 Å². The Kier molecular flexibility index (Phi) is 11.6. The van der Waals surface area contributed by atoms with Gasteiger partial charge in [0.1, 0.15) is 6.04 Å². The second-order valence-corrected chi connectivity index (χ2v) is 6.19. The van der Waals surface area contributed by atoms with Gasteiger partial charge in [0.15, 0.2) is 0 Å². The topological polar surface area (TPSA) is 55.8 Å². The standard InChI is InChI=1S/C17H33NO4/c1-6-7-8-9-10-11-12-21-16(19)15(4)18(5)17(20)22-13-14(2)3/h14-15H,6-13H2,1-5H3. The third-order valence-corrected chi connectivity index (χ3v) is 3.49. The fourth-order valence-corrected chi connectivity index (χ4v) is 1.83. The molecule has 0 bridgehead atoms. The number of rotatable bonds is 11. The summed E-state index contributed by atoms with van der Waals surface area (Å²) >= 11 is 0. The van der Waals surface area contributed by atoms with E-state index in [2.05, 4.69) is 6.92 Å². The average Bonchev–Trinajstić information content (AvgIpc) is 2.49. The Balaban J connectivity index is 3.87. The van der Waals surface area contributed by atoms with E-state index in [1.54, 1.807) is 14.0 Å². The van der Waals surface area contributed by atoms with Gasteiger partial charge in [-0.1, -0.05) is 52.9 Å². The molecular weight excluding hydrogens is 282 g/mol. The van der Waals surface area contributed by atoms with Crippen LogP contribution in [0.2, 0.25) is 0 Å². The molecule has 0 N–H and O–H groups in total. The maximum Gasteiger partial charge on any atom is 0.410 e. The van der Waals surface area contributed by atoms with Gasteiger partial charge in [0.2, 0.25) is 0 Å². The molecule has 0 aromatic rings. The predicted octanol–water partition coefficient (Wildman–Crippen LogP) is 4.00. The third-order valence-electron chi connectivity index (χ3n) is 3.49. The molecule has 1 unspecified atom stereocenters. The van der Waals surface area contributed by atoms with Crippen molar-refractivity contribution in [1.82, 2.24) is 4.90 Å².